The van der Waals surface area contributed by atoms with E-state index in [1.807, 2.05) is 69.3 Å². The second kappa shape index (κ2) is 8.45. The Balaban J connectivity index is 1.66. The van der Waals surface area contributed by atoms with Crippen LogP contribution in [0.1, 0.15) is 30.3 Å². The van der Waals surface area contributed by atoms with Crippen LogP contribution in [0, 0.1) is 6.92 Å². The number of anilines is 1. The number of aryl methyl sites for hydroxylation is 1. The molecule has 0 bridgehead atoms. The molecule has 0 aromatic heterocycles. The lowest BCUT2D eigenvalue weighted by Crippen LogP contribution is -2.49. The molecule has 5 nitrogen and oxygen atoms in total. The third-order valence-corrected chi connectivity index (χ3v) is 5.99. The number of hydrogen-bond acceptors (Lipinski definition) is 4. The fraction of sp³-hybridized carbons (Fsp3) is 0.333. The lowest BCUT2D eigenvalue weighted by molar-refractivity contribution is -0.134. The van der Waals surface area contributed by atoms with Gasteiger partial charge in [0, 0.05) is 10.7 Å². The van der Waals surface area contributed by atoms with Crippen LogP contribution in [0.25, 0.3) is 0 Å². The summed E-state index contributed by atoms with van der Waals surface area (Å²) in [4.78, 5) is 26.5. The van der Waals surface area contributed by atoms with E-state index >= 15 is 0 Å². The Morgan fingerprint density at radius 1 is 1.21 bits per heavy atom. The van der Waals surface area contributed by atoms with Crippen molar-refractivity contribution in [3.63, 3.8) is 0 Å². The van der Waals surface area contributed by atoms with Crippen LogP contribution in [-0.4, -0.2) is 34.8 Å². The summed E-state index contributed by atoms with van der Waals surface area (Å²) in [5.41, 5.74) is 2.12. The summed E-state index contributed by atoms with van der Waals surface area (Å²) in [5.74, 6) is 0.421. The molecule has 0 spiro atoms. The number of rotatable bonds is 5. The maximum absolute atomic E-state index is 12.6. The third kappa shape index (κ3) is 4.80. The molecule has 0 radical (unpaired) electrons. The zero-order valence-electron chi connectivity index (χ0n) is 16.1. The molecule has 1 N–H and O–H groups in total. The number of hydrogen-bond donors (Lipinski definition) is 1. The molecule has 0 aliphatic carbocycles. The van der Waals surface area contributed by atoms with Crippen molar-refractivity contribution in [1.82, 2.24) is 4.90 Å². The molecule has 2 aromatic carbocycles. The van der Waals surface area contributed by atoms with E-state index < -0.39 is 11.6 Å². The highest BCUT2D eigenvalue weighted by atomic mass is 35.5. The van der Waals surface area contributed by atoms with Crippen molar-refractivity contribution >= 4 is 41.1 Å². The number of amides is 2. The van der Waals surface area contributed by atoms with Crippen molar-refractivity contribution in [3.05, 3.63) is 64.7 Å². The van der Waals surface area contributed by atoms with Gasteiger partial charge in [0.05, 0.1) is 11.3 Å². The van der Waals surface area contributed by atoms with Crippen LogP contribution < -0.4 is 5.32 Å². The first-order valence-corrected chi connectivity index (χ1v) is 10.4. The predicted molar refractivity (Wildman–Crippen MR) is 114 cm³/mol. The van der Waals surface area contributed by atoms with Crippen LogP contribution in [-0.2, 0) is 9.53 Å². The fourth-order valence-corrected chi connectivity index (χ4v) is 4.52. The number of thioether (sulfide) groups is 1. The van der Waals surface area contributed by atoms with Gasteiger partial charge in [-0.3, -0.25) is 10.1 Å². The van der Waals surface area contributed by atoms with Crippen LogP contribution in [0.4, 0.5) is 10.5 Å². The maximum atomic E-state index is 12.6. The standard InChI is InChI=1S/C21H23ClN2O3S/c1-14-4-10-17(11-5-14)23-20(26)27-13-21(2,3)24-18(25)12-28-19(24)15-6-8-16(22)9-7-15/h4-11,19H,12-13H2,1-3H3,(H,23,26). The molecule has 1 aliphatic rings. The largest absolute Gasteiger partial charge is 0.447 e. The van der Waals surface area contributed by atoms with E-state index in [1.54, 1.807) is 16.7 Å². The topological polar surface area (TPSA) is 58.6 Å². The summed E-state index contributed by atoms with van der Waals surface area (Å²) in [5, 5.41) is 3.23. The minimum absolute atomic E-state index is 0.0255. The average molecular weight is 419 g/mol. The zero-order chi connectivity index (χ0) is 20.3. The van der Waals surface area contributed by atoms with Gasteiger partial charge in [-0.15, -0.1) is 11.8 Å². The van der Waals surface area contributed by atoms with E-state index in [-0.39, 0.29) is 17.9 Å². The van der Waals surface area contributed by atoms with Crippen LogP contribution >= 0.6 is 23.4 Å². The van der Waals surface area contributed by atoms with Gasteiger partial charge in [-0.2, -0.15) is 0 Å². The summed E-state index contributed by atoms with van der Waals surface area (Å²) in [6, 6.07) is 14.9. The lowest BCUT2D eigenvalue weighted by atomic mass is 10.0. The highest BCUT2D eigenvalue weighted by Gasteiger charge is 2.42. The monoisotopic (exact) mass is 418 g/mol. The van der Waals surface area contributed by atoms with Gasteiger partial charge in [0.2, 0.25) is 5.91 Å². The van der Waals surface area contributed by atoms with E-state index in [1.165, 1.54) is 0 Å². The second-order valence-corrected chi connectivity index (χ2v) is 8.86. The number of nitrogens with zero attached hydrogens (tertiary/aromatic N) is 1. The summed E-state index contributed by atoms with van der Waals surface area (Å²) in [6.07, 6.45) is -0.542. The molecule has 1 unspecified atom stereocenters. The van der Waals surface area contributed by atoms with E-state index in [9.17, 15) is 9.59 Å². The maximum Gasteiger partial charge on any atom is 0.411 e. The lowest BCUT2D eigenvalue weighted by Gasteiger charge is -2.38. The average Bonchev–Trinajstić information content (AvgIpc) is 3.05. The third-order valence-electron chi connectivity index (χ3n) is 4.53. The van der Waals surface area contributed by atoms with Gasteiger partial charge in [-0.1, -0.05) is 41.4 Å². The Hall–Kier alpha value is -2.18. The van der Waals surface area contributed by atoms with Gasteiger partial charge in [-0.25, -0.2) is 4.79 Å². The molecular formula is C21H23ClN2O3S. The highest BCUT2D eigenvalue weighted by molar-refractivity contribution is 8.00. The molecule has 1 saturated heterocycles. The summed E-state index contributed by atoms with van der Waals surface area (Å²) in [6.45, 7) is 5.87. The summed E-state index contributed by atoms with van der Waals surface area (Å²) < 4.78 is 5.43. The summed E-state index contributed by atoms with van der Waals surface area (Å²) in [7, 11) is 0. The highest BCUT2D eigenvalue weighted by Crippen LogP contribution is 2.43. The number of nitrogens with one attached hydrogen (secondary N) is 1. The first-order valence-electron chi connectivity index (χ1n) is 8.96. The van der Waals surface area contributed by atoms with Crippen molar-refractivity contribution in [2.24, 2.45) is 0 Å². The van der Waals surface area contributed by atoms with Crippen LogP contribution in [0.5, 0.6) is 0 Å². The molecular weight excluding hydrogens is 396 g/mol. The van der Waals surface area contributed by atoms with Gasteiger partial charge >= 0.3 is 6.09 Å². The van der Waals surface area contributed by atoms with Crippen LogP contribution in [0.15, 0.2) is 48.5 Å². The molecule has 2 amide bonds. The number of carbonyl (C=O) groups excluding carboxylic acids is 2. The van der Waals surface area contributed by atoms with Gasteiger partial charge in [0.15, 0.2) is 0 Å². The number of halogens is 1. The van der Waals surface area contributed by atoms with Crippen molar-refractivity contribution < 1.29 is 14.3 Å². The minimum Gasteiger partial charge on any atom is -0.447 e. The fourth-order valence-electron chi connectivity index (χ4n) is 3.06. The molecule has 3 rings (SSSR count). The molecule has 1 heterocycles. The Morgan fingerprint density at radius 3 is 2.50 bits per heavy atom. The molecule has 7 heteroatoms. The van der Waals surface area contributed by atoms with Gasteiger partial charge < -0.3 is 9.64 Å². The molecule has 2 aromatic rings. The van der Waals surface area contributed by atoms with Crippen molar-refractivity contribution in [2.45, 2.75) is 31.7 Å². The number of carbonyl (C=O) groups is 2. The quantitative estimate of drug-likeness (QED) is 0.720. The molecule has 0 saturated carbocycles. The zero-order valence-corrected chi connectivity index (χ0v) is 17.6. The Bertz CT molecular complexity index is 853. The number of benzene rings is 2. The molecule has 148 valence electrons. The second-order valence-electron chi connectivity index (χ2n) is 7.36. The van der Waals surface area contributed by atoms with Crippen molar-refractivity contribution in [2.75, 3.05) is 17.7 Å². The molecule has 1 fully saturated rings. The Kier molecular flexibility index (Phi) is 6.20. The van der Waals surface area contributed by atoms with E-state index in [2.05, 4.69) is 5.32 Å². The van der Waals surface area contributed by atoms with Gasteiger partial charge in [-0.05, 0) is 50.6 Å². The van der Waals surface area contributed by atoms with Gasteiger partial charge in [0.25, 0.3) is 0 Å². The molecule has 28 heavy (non-hydrogen) atoms. The normalized spacial score (nSPS) is 16.9. The van der Waals surface area contributed by atoms with E-state index in [0.29, 0.717) is 16.5 Å². The Labute approximate surface area is 174 Å². The van der Waals surface area contributed by atoms with Crippen molar-refractivity contribution in [3.8, 4) is 0 Å². The first kappa shape index (κ1) is 20.6. The van der Waals surface area contributed by atoms with Crippen LogP contribution in [0.3, 0.4) is 0 Å². The molecule has 1 atom stereocenters. The van der Waals surface area contributed by atoms with Crippen LogP contribution in [0.2, 0.25) is 5.02 Å². The Morgan fingerprint density at radius 2 is 1.86 bits per heavy atom. The van der Waals surface area contributed by atoms with Crippen molar-refractivity contribution in [1.29, 1.82) is 0 Å². The van der Waals surface area contributed by atoms with E-state index in [0.717, 1.165) is 11.1 Å². The minimum atomic E-state index is -0.657. The number of ether oxygens (including phenoxy) is 1. The SMILES string of the molecule is Cc1ccc(NC(=O)OCC(C)(C)N2C(=O)CSC2c2ccc(Cl)cc2)cc1. The smallest absolute Gasteiger partial charge is 0.411 e. The molecule has 1 aliphatic heterocycles. The first-order chi connectivity index (χ1) is 13.3. The van der Waals surface area contributed by atoms with E-state index in [4.69, 9.17) is 16.3 Å². The predicted octanol–water partition coefficient (Wildman–Crippen LogP) is 5.25. The summed E-state index contributed by atoms with van der Waals surface area (Å²) >= 11 is 7.54. The van der Waals surface area contributed by atoms with Gasteiger partial charge in [0.1, 0.15) is 12.0 Å².